The molecule has 4 atom stereocenters. The standard InChI is InChI=1S/C24H34O14/c25-13(21-17(29)19(31)23(33)37-21)11-35-15(27)9-7-5-3-1-2-4-6-8-10-16(28)36-12-14(26)22-18(30)20(32)24(34)38-22/h13-14,21-22,25-26,29-32H,1-12H2/t13-,14-,21+,22+/m0/s1. The topological polar surface area (TPSA) is 227 Å². The summed E-state index contributed by atoms with van der Waals surface area (Å²) in [6, 6.07) is 0. The van der Waals surface area contributed by atoms with Crippen LogP contribution in [0.2, 0.25) is 0 Å². The lowest BCUT2D eigenvalue weighted by atomic mass is 10.1. The first-order valence-electron chi connectivity index (χ1n) is 12.4. The van der Waals surface area contributed by atoms with Crippen molar-refractivity contribution in [1.82, 2.24) is 0 Å². The Labute approximate surface area is 218 Å². The van der Waals surface area contributed by atoms with Gasteiger partial charge in [0.15, 0.2) is 23.7 Å². The molecule has 0 aromatic rings. The molecule has 0 bridgehead atoms. The number of rotatable bonds is 17. The third-order valence-electron chi connectivity index (χ3n) is 5.92. The van der Waals surface area contributed by atoms with E-state index in [0.717, 1.165) is 38.5 Å². The first kappa shape index (κ1) is 30.7. The van der Waals surface area contributed by atoms with Gasteiger partial charge in [0.25, 0.3) is 0 Å². The van der Waals surface area contributed by atoms with Crippen LogP contribution in [-0.2, 0) is 38.1 Å². The van der Waals surface area contributed by atoms with Crippen LogP contribution < -0.4 is 0 Å². The summed E-state index contributed by atoms with van der Waals surface area (Å²) in [4.78, 5) is 45.8. The number of esters is 4. The highest BCUT2D eigenvalue weighted by Gasteiger charge is 2.40. The van der Waals surface area contributed by atoms with Crippen molar-refractivity contribution in [3.63, 3.8) is 0 Å². The summed E-state index contributed by atoms with van der Waals surface area (Å²) >= 11 is 0. The fourth-order valence-electron chi connectivity index (χ4n) is 3.73. The highest BCUT2D eigenvalue weighted by molar-refractivity contribution is 5.89. The summed E-state index contributed by atoms with van der Waals surface area (Å²) in [6.07, 6.45) is 0.785. The van der Waals surface area contributed by atoms with Crippen molar-refractivity contribution in [2.75, 3.05) is 13.2 Å². The van der Waals surface area contributed by atoms with Crippen LogP contribution >= 0.6 is 0 Å². The second-order valence-electron chi connectivity index (χ2n) is 8.95. The number of carbonyl (C=O) groups is 4. The maximum atomic E-state index is 11.8. The van der Waals surface area contributed by atoms with Gasteiger partial charge in [0, 0.05) is 12.8 Å². The van der Waals surface area contributed by atoms with Crippen molar-refractivity contribution in [2.24, 2.45) is 0 Å². The summed E-state index contributed by atoms with van der Waals surface area (Å²) in [5, 5.41) is 57.1. The summed E-state index contributed by atoms with van der Waals surface area (Å²) < 4.78 is 19.0. The molecule has 0 saturated heterocycles. The summed E-state index contributed by atoms with van der Waals surface area (Å²) in [5.41, 5.74) is 0. The molecule has 14 heteroatoms. The Balaban J connectivity index is 1.41. The Morgan fingerprint density at radius 3 is 1.24 bits per heavy atom. The molecule has 2 rings (SSSR count). The van der Waals surface area contributed by atoms with Gasteiger partial charge in [0.2, 0.25) is 11.5 Å². The maximum Gasteiger partial charge on any atom is 0.377 e. The van der Waals surface area contributed by atoms with E-state index in [9.17, 15) is 49.8 Å². The van der Waals surface area contributed by atoms with E-state index >= 15 is 0 Å². The lowest BCUT2D eigenvalue weighted by Gasteiger charge is -2.17. The van der Waals surface area contributed by atoms with Crippen LogP contribution in [0.25, 0.3) is 0 Å². The Bertz CT molecular complexity index is 849. The molecule has 0 saturated carbocycles. The second-order valence-corrected chi connectivity index (χ2v) is 8.95. The fourth-order valence-corrected chi connectivity index (χ4v) is 3.73. The third kappa shape index (κ3) is 9.10. The van der Waals surface area contributed by atoms with Gasteiger partial charge in [-0.15, -0.1) is 0 Å². The molecule has 0 unspecified atom stereocenters. The zero-order valence-electron chi connectivity index (χ0n) is 20.7. The SMILES string of the molecule is O=C(CCCCCCCCCCC(=O)OC[C@H](O)[C@H]1OC(=O)C(O)=C1O)OC[C@H](O)[C@H]1OC(=O)C(O)=C1O. The van der Waals surface area contributed by atoms with E-state index < -0.39 is 84.5 Å². The van der Waals surface area contributed by atoms with Crippen LogP contribution in [0.5, 0.6) is 0 Å². The third-order valence-corrected chi connectivity index (χ3v) is 5.92. The molecule has 2 aliphatic heterocycles. The van der Waals surface area contributed by atoms with E-state index in [0.29, 0.717) is 12.8 Å². The molecule has 0 aliphatic carbocycles. The number of aliphatic hydroxyl groups is 6. The largest absolute Gasteiger partial charge is 0.505 e. The lowest BCUT2D eigenvalue weighted by molar-refractivity contribution is -0.156. The number of cyclic esters (lactones) is 2. The van der Waals surface area contributed by atoms with Crippen LogP contribution in [-0.4, -0.2) is 92.1 Å². The van der Waals surface area contributed by atoms with Gasteiger partial charge in [0.1, 0.15) is 25.4 Å². The first-order chi connectivity index (χ1) is 18.0. The molecule has 0 aromatic heterocycles. The monoisotopic (exact) mass is 546 g/mol. The Morgan fingerprint density at radius 1 is 0.632 bits per heavy atom. The normalized spacial score (nSPS) is 20.8. The van der Waals surface area contributed by atoms with Crippen molar-refractivity contribution in [2.45, 2.75) is 88.6 Å². The zero-order valence-corrected chi connectivity index (χ0v) is 20.7. The van der Waals surface area contributed by atoms with Crippen LogP contribution in [0, 0.1) is 0 Å². The van der Waals surface area contributed by atoms with Gasteiger partial charge in [-0.3, -0.25) is 9.59 Å². The van der Waals surface area contributed by atoms with E-state index in [2.05, 4.69) is 9.47 Å². The predicted octanol–water partition coefficient (Wildman–Crippen LogP) is 1.20. The minimum absolute atomic E-state index is 0.140. The molecule has 0 radical (unpaired) electrons. The highest BCUT2D eigenvalue weighted by Crippen LogP contribution is 2.23. The zero-order chi connectivity index (χ0) is 28.2. The van der Waals surface area contributed by atoms with Gasteiger partial charge >= 0.3 is 23.9 Å². The van der Waals surface area contributed by atoms with Crippen molar-refractivity contribution in [3.05, 3.63) is 23.0 Å². The fraction of sp³-hybridized carbons (Fsp3) is 0.667. The first-order valence-corrected chi connectivity index (χ1v) is 12.4. The van der Waals surface area contributed by atoms with Gasteiger partial charge in [-0.25, -0.2) is 9.59 Å². The molecule has 14 nitrogen and oxygen atoms in total. The van der Waals surface area contributed by atoms with E-state index in [-0.39, 0.29) is 12.8 Å². The van der Waals surface area contributed by atoms with Gasteiger partial charge in [-0.2, -0.15) is 0 Å². The predicted molar refractivity (Wildman–Crippen MR) is 124 cm³/mol. The molecule has 38 heavy (non-hydrogen) atoms. The van der Waals surface area contributed by atoms with Gasteiger partial charge in [0.05, 0.1) is 0 Å². The molecular formula is C24H34O14. The van der Waals surface area contributed by atoms with Gasteiger partial charge in [-0.05, 0) is 12.8 Å². The molecule has 0 spiro atoms. The van der Waals surface area contributed by atoms with Crippen LogP contribution in [0.1, 0.15) is 64.2 Å². The van der Waals surface area contributed by atoms with Crippen LogP contribution in [0.3, 0.4) is 0 Å². The average molecular weight is 547 g/mol. The number of hydrogen-bond donors (Lipinski definition) is 6. The number of aliphatic hydroxyl groups excluding tert-OH is 6. The van der Waals surface area contributed by atoms with Crippen molar-refractivity contribution >= 4 is 23.9 Å². The number of unbranched alkanes of at least 4 members (excludes halogenated alkanes) is 7. The van der Waals surface area contributed by atoms with E-state index in [4.69, 9.17) is 9.47 Å². The van der Waals surface area contributed by atoms with Crippen molar-refractivity contribution in [3.8, 4) is 0 Å². The van der Waals surface area contributed by atoms with Crippen LogP contribution in [0.4, 0.5) is 0 Å². The summed E-state index contributed by atoms with van der Waals surface area (Å²) in [7, 11) is 0. The molecule has 2 aliphatic rings. The Morgan fingerprint density at radius 2 is 0.947 bits per heavy atom. The molecule has 0 aromatic carbocycles. The average Bonchev–Trinajstić information content (AvgIpc) is 3.30. The minimum atomic E-state index is -1.50. The van der Waals surface area contributed by atoms with Crippen LogP contribution in [0.15, 0.2) is 23.0 Å². The second kappa shape index (κ2) is 15.0. The molecule has 214 valence electrons. The molecule has 0 amide bonds. The highest BCUT2D eigenvalue weighted by atomic mass is 16.6. The maximum absolute atomic E-state index is 11.8. The quantitative estimate of drug-likeness (QED) is 0.0856. The van der Waals surface area contributed by atoms with Gasteiger partial charge < -0.3 is 49.6 Å². The number of carbonyl (C=O) groups excluding carboxylic acids is 4. The Hall–Kier alpha value is -3.52. The van der Waals surface area contributed by atoms with E-state index in [1.54, 1.807) is 0 Å². The molecule has 6 N–H and O–H groups in total. The van der Waals surface area contributed by atoms with E-state index in [1.165, 1.54) is 0 Å². The lowest BCUT2D eigenvalue weighted by Crippen LogP contribution is -2.33. The molecule has 2 heterocycles. The number of ether oxygens (including phenoxy) is 4. The Kier molecular flexibility index (Phi) is 12.1. The summed E-state index contributed by atoms with van der Waals surface area (Å²) in [5.74, 6) is -6.97. The summed E-state index contributed by atoms with van der Waals surface area (Å²) in [6.45, 7) is -0.993. The van der Waals surface area contributed by atoms with Crippen molar-refractivity contribution < 1.29 is 68.8 Å². The molecular weight excluding hydrogens is 512 g/mol. The smallest absolute Gasteiger partial charge is 0.377 e. The molecule has 0 fully saturated rings. The minimum Gasteiger partial charge on any atom is -0.505 e. The van der Waals surface area contributed by atoms with E-state index in [1.807, 2.05) is 0 Å². The number of hydrogen-bond acceptors (Lipinski definition) is 14. The van der Waals surface area contributed by atoms with Gasteiger partial charge in [-0.1, -0.05) is 38.5 Å². The van der Waals surface area contributed by atoms with Crippen molar-refractivity contribution in [1.29, 1.82) is 0 Å².